The molecule has 4 aromatic rings. The molecule has 1 aromatic heterocycles. The average molecular weight is 454 g/mol. The van der Waals surface area contributed by atoms with Gasteiger partial charge in [0.15, 0.2) is 0 Å². The largest absolute Gasteiger partial charge is 0.309 e. The van der Waals surface area contributed by atoms with Gasteiger partial charge in [0.25, 0.3) is 11.2 Å². The van der Waals surface area contributed by atoms with Crippen LogP contribution in [0.2, 0.25) is 0 Å². The van der Waals surface area contributed by atoms with Crippen LogP contribution in [0.4, 0.5) is 11.4 Å². The standard InChI is InChI=1S/C26H22N4O4/c1-16(2)28-21-12-6-4-9-17(21)19(26(28)32)15-24-27-20-11-5-3-10-18(20)25(31)29(24)22-13-7-8-14-23(22)30(33)34/h3-14,16,19H,15H2,1-2H3/t19-/m1/s1. The van der Waals surface area contributed by atoms with Gasteiger partial charge in [-0.3, -0.25) is 24.3 Å². The Kier molecular flexibility index (Phi) is 5.20. The Balaban J connectivity index is 1.74. The molecular formula is C26H22N4O4. The molecule has 3 aromatic carbocycles. The number of carbonyl (C=O) groups excluding carboxylic acids is 1. The second kappa shape index (κ2) is 8.22. The maximum Gasteiger partial charge on any atom is 0.293 e. The van der Waals surface area contributed by atoms with Gasteiger partial charge in [-0.2, -0.15) is 0 Å². The molecule has 5 rings (SSSR count). The zero-order valence-electron chi connectivity index (χ0n) is 18.7. The van der Waals surface area contributed by atoms with Crippen molar-refractivity contribution in [2.24, 2.45) is 0 Å². The summed E-state index contributed by atoms with van der Waals surface area (Å²) in [6, 6.07) is 20.5. The number of nitro groups is 1. The van der Waals surface area contributed by atoms with Crippen LogP contribution in [-0.2, 0) is 11.2 Å². The van der Waals surface area contributed by atoms with Crippen molar-refractivity contribution in [1.29, 1.82) is 0 Å². The quantitative estimate of drug-likeness (QED) is 0.329. The van der Waals surface area contributed by atoms with Gasteiger partial charge in [0.2, 0.25) is 5.91 Å². The number of hydrogen-bond acceptors (Lipinski definition) is 5. The van der Waals surface area contributed by atoms with Crippen molar-refractivity contribution >= 4 is 28.2 Å². The van der Waals surface area contributed by atoms with E-state index in [2.05, 4.69) is 0 Å². The minimum atomic E-state index is -0.555. The maximum atomic E-state index is 13.6. The second-order valence-electron chi connectivity index (χ2n) is 8.55. The number of fused-ring (bicyclic) bond motifs is 2. The van der Waals surface area contributed by atoms with E-state index in [1.807, 2.05) is 38.1 Å². The monoisotopic (exact) mass is 454 g/mol. The molecule has 0 aliphatic carbocycles. The Morgan fingerprint density at radius 2 is 1.59 bits per heavy atom. The Bertz CT molecular complexity index is 1510. The van der Waals surface area contributed by atoms with Crippen LogP contribution in [-0.4, -0.2) is 26.4 Å². The third-order valence-corrected chi connectivity index (χ3v) is 6.17. The summed E-state index contributed by atoms with van der Waals surface area (Å²) < 4.78 is 1.29. The molecule has 0 N–H and O–H groups in total. The van der Waals surface area contributed by atoms with Crippen molar-refractivity contribution in [3.8, 4) is 5.69 Å². The molecule has 1 amide bonds. The van der Waals surface area contributed by atoms with Crippen LogP contribution in [0.25, 0.3) is 16.6 Å². The highest BCUT2D eigenvalue weighted by molar-refractivity contribution is 6.05. The molecule has 0 saturated heterocycles. The predicted molar refractivity (Wildman–Crippen MR) is 130 cm³/mol. The van der Waals surface area contributed by atoms with Crippen LogP contribution >= 0.6 is 0 Å². The number of anilines is 1. The van der Waals surface area contributed by atoms with E-state index in [-0.39, 0.29) is 29.7 Å². The number of benzene rings is 3. The molecular weight excluding hydrogens is 432 g/mol. The number of hydrogen-bond donors (Lipinski definition) is 0. The molecule has 0 radical (unpaired) electrons. The summed E-state index contributed by atoms with van der Waals surface area (Å²) in [7, 11) is 0. The highest BCUT2D eigenvalue weighted by Gasteiger charge is 2.39. The lowest BCUT2D eigenvalue weighted by Crippen LogP contribution is -2.36. The van der Waals surface area contributed by atoms with Gasteiger partial charge in [-0.05, 0) is 43.7 Å². The number of aromatic nitrogens is 2. The van der Waals surface area contributed by atoms with E-state index in [9.17, 15) is 19.7 Å². The second-order valence-corrected chi connectivity index (χ2v) is 8.55. The van der Waals surface area contributed by atoms with Crippen molar-refractivity contribution in [3.63, 3.8) is 0 Å². The molecule has 1 atom stereocenters. The van der Waals surface area contributed by atoms with E-state index in [0.29, 0.717) is 16.7 Å². The lowest BCUT2D eigenvalue weighted by molar-refractivity contribution is -0.384. The van der Waals surface area contributed by atoms with E-state index in [0.717, 1.165) is 11.3 Å². The topological polar surface area (TPSA) is 98.3 Å². The number of para-hydroxylation sites is 4. The van der Waals surface area contributed by atoms with Gasteiger partial charge < -0.3 is 4.90 Å². The Hall–Kier alpha value is -4.33. The fourth-order valence-corrected chi connectivity index (χ4v) is 4.71. The Labute approximate surface area is 195 Å². The van der Waals surface area contributed by atoms with Crippen LogP contribution in [0.5, 0.6) is 0 Å². The first-order valence-corrected chi connectivity index (χ1v) is 11.0. The molecule has 170 valence electrons. The van der Waals surface area contributed by atoms with Gasteiger partial charge >= 0.3 is 0 Å². The first kappa shape index (κ1) is 21.5. The molecule has 8 heteroatoms. The maximum absolute atomic E-state index is 13.6. The van der Waals surface area contributed by atoms with Crippen LogP contribution in [0.1, 0.15) is 31.2 Å². The van der Waals surface area contributed by atoms with E-state index in [4.69, 9.17) is 4.98 Å². The normalized spacial score (nSPS) is 15.2. The van der Waals surface area contributed by atoms with Crippen LogP contribution in [0.15, 0.2) is 77.6 Å². The Morgan fingerprint density at radius 3 is 2.32 bits per heavy atom. The first-order valence-electron chi connectivity index (χ1n) is 11.0. The molecule has 0 saturated carbocycles. The number of amides is 1. The summed E-state index contributed by atoms with van der Waals surface area (Å²) in [6.07, 6.45) is 0.130. The van der Waals surface area contributed by atoms with E-state index >= 15 is 0 Å². The smallest absolute Gasteiger partial charge is 0.293 e. The minimum absolute atomic E-state index is 0.0411. The van der Waals surface area contributed by atoms with E-state index in [1.165, 1.54) is 16.7 Å². The lowest BCUT2D eigenvalue weighted by atomic mass is 9.96. The number of nitro benzene ring substituents is 1. The summed E-state index contributed by atoms with van der Waals surface area (Å²) in [5, 5.41) is 12.1. The fraction of sp³-hybridized carbons (Fsp3) is 0.192. The van der Waals surface area contributed by atoms with Gasteiger partial charge in [0.05, 0.1) is 21.7 Å². The average Bonchev–Trinajstić information content (AvgIpc) is 3.11. The number of nitrogens with zero attached hydrogens (tertiary/aromatic N) is 4. The third kappa shape index (κ3) is 3.35. The van der Waals surface area contributed by atoms with Crippen LogP contribution in [0, 0.1) is 10.1 Å². The number of rotatable bonds is 5. The third-order valence-electron chi connectivity index (χ3n) is 6.17. The van der Waals surface area contributed by atoms with Crippen molar-refractivity contribution in [1.82, 2.24) is 9.55 Å². The van der Waals surface area contributed by atoms with E-state index < -0.39 is 16.4 Å². The van der Waals surface area contributed by atoms with E-state index in [1.54, 1.807) is 41.3 Å². The summed E-state index contributed by atoms with van der Waals surface area (Å²) in [4.78, 5) is 44.8. The molecule has 0 unspecified atom stereocenters. The fourth-order valence-electron chi connectivity index (χ4n) is 4.71. The lowest BCUT2D eigenvalue weighted by Gasteiger charge is -2.22. The highest BCUT2D eigenvalue weighted by atomic mass is 16.6. The summed E-state index contributed by atoms with van der Waals surface area (Å²) in [5.74, 6) is -0.329. The predicted octanol–water partition coefficient (Wildman–Crippen LogP) is 4.38. The zero-order valence-corrected chi connectivity index (χ0v) is 18.7. The molecule has 2 heterocycles. The molecule has 0 spiro atoms. The van der Waals surface area contributed by atoms with Gasteiger partial charge in [0.1, 0.15) is 11.5 Å². The number of carbonyl (C=O) groups is 1. The van der Waals surface area contributed by atoms with Crippen LogP contribution in [0.3, 0.4) is 0 Å². The Morgan fingerprint density at radius 1 is 0.941 bits per heavy atom. The van der Waals surface area contributed by atoms with Gasteiger partial charge in [0, 0.05) is 24.2 Å². The highest BCUT2D eigenvalue weighted by Crippen LogP contribution is 2.40. The van der Waals surface area contributed by atoms with Gasteiger partial charge in [-0.1, -0.05) is 42.5 Å². The van der Waals surface area contributed by atoms with Crippen molar-refractivity contribution < 1.29 is 9.72 Å². The summed E-state index contributed by atoms with van der Waals surface area (Å²) >= 11 is 0. The van der Waals surface area contributed by atoms with Gasteiger partial charge in [-0.25, -0.2) is 4.98 Å². The minimum Gasteiger partial charge on any atom is -0.309 e. The van der Waals surface area contributed by atoms with Crippen molar-refractivity contribution in [3.05, 3.63) is 105 Å². The molecule has 0 fully saturated rings. The SMILES string of the molecule is CC(C)N1C(=O)[C@H](Cc2nc3ccccc3c(=O)n2-c2ccccc2[N+](=O)[O-])c2ccccc21. The van der Waals surface area contributed by atoms with Crippen molar-refractivity contribution in [2.45, 2.75) is 32.2 Å². The summed E-state index contributed by atoms with van der Waals surface area (Å²) in [5.41, 5.74) is 1.70. The molecule has 1 aliphatic heterocycles. The molecule has 8 nitrogen and oxygen atoms in total. The first-order chi connectivity index (χ1) is 16.4. The van der Waals surface area contributed by atoms with Crippen LogP contribution < -0.4 is 10.5 Å². The van der Waals surface area contributed by atoms with Gasteiger partial charge in [-0.15, -0.1) is 0 Å². The summed E-state index contributed by atoms with van der Waals surface area (Å²) in [6.45, 7) is 3.91. The molecule has 1 aliphatic rings. The zero-order chi connectivity index (χ0) is 24.0. The molecule has 0 bridgehead atoms. The molecule has 34 heavy (non-hydrogen) atoms. The van der Waals surface area contributed by atoms with Crippen molar-refractivity contribution in [2.75, 3.05) is 4.90 Å².